The van der Waals surface area contributed by atoms with Gasteiger partial charge in [0.15, 0.2) is 0 Å². The van der Waals surface area contributed by atoms with Crippen molar-refractivity contribution in [3.8, 4) is 6.07 Å². The van der Waals surface area contributed by atoms with Crippen LogP contribution in [-0.2, 0) is 4.74 Å². The van der Waals surface area contributed by atoms with Crippen molar-refractivity contribution in [1.29, 1.82) is 5.26 Å². The number of hydrogen-bond acceptors (Lipinski definition) is 4. The molecule has 1 heterocycles. The van der Waals surface area contributed by atoms with Gasteiger partial charge in [-0.2, -0.15) is 5.26 Å². The maximum Gasteiger partial charge on any atom is 0.340 e. The van der Waals surface area contributed by atoms with E-state index in [1.807, 2.05) is 38.1 Å². The number of allylic oxidation sites excluding steroid dienone is 1. The van der Waals surface area contributed by atoms with Crippen molar-refractivity contribution in [2.45, 2.75) is 34.6 Å². The Balaban J connectivity index is 2.45. The van der Waals surface area contributed by atoms with Gasteiger partial charge in [-0.25, -0.2) is 4.79 Å². The largest absolute Gasteiger partial charge is 0.462 e. The molecule has 0 fully saturated rings. The predicted molar refractivity (Wildman–Crippen MR) is 100 cm³/mol. The maximum atomic E-state index is 12.8. The van der Waals surface area contributed by atoms with Gasteiger partial charge in [0.1, 0.15) is 11.6 Å². The van der Waals surface area contributed by atoms with Gasteiger partial charge >= 0.3 is 5.97 Å². The number of ketones is 1. The van der Waals surface area contributed by atoms with Crippen molar-refractivity contribution in [3.63, 3.8) is 0 Å². The van der Waals surface area contributed by atoms with Crippen molar-refractivity contribution in [2.24, 2.45) is 0 Å². The van der Waals surface area contributed by atoms with Crippen LogP contribution in [0.4, 0.5) is 0 Å². The van der Waals surface area contributed by atoms with Crippen LogP contribution in [-0.4, -0.2) is 23.3 Å². The Kier molecular flexibility index (Phi) is 5.78. The number of nitriles is 1. The minimum Gasteiger partial charge on any atom is -0.462 e. The Bertz CT molecular complexity index is 943. The normalized spacial score (nSPS) is 11.2. The number of carbonyl (C=O) groups is 2. The van der Waals surface area contributed by atoms with Crippen molar-refractivity contribution in [2.75, 3.05) is 6.61 Å². The molecule has 0 radical (unpaired) electrons. The van der Waals surface area contributed by atoms with Crippen LogP contribution in [0.15, 0.2) is 23.8 Å². The van der Waals surface area contributed by atoms with E-state index in [1.54, 1.807) is 26.8 Å². The summed E-state index contributed by atoms with van der Waals surface area (Å²) in [6, 6.07) is 7.71. The second kappa shape index (κ2) is 7.83. The fraction of sp³-hybridized carbons (Fsp3) is 0.286. The number of hydrogen-bond donors (Lipinski definition) is 1. The molecule has 1 aromatic heterocycles. The smallest absolute Gasteiger partial charge is 0.340 e. The number of aromatic amines is 1. The predicted octanol–water partition coefficient (Wildman–Crippen LogP) is 4.21. The number of rotatable bonds is 5. The van der Waals surface area contributed by atoms with Gasteiger partial charge in [0.2, 0.25) is 5.78 Å². The minimum atomic E-state index is -0.477. The van der Waals surface area contributed by atoms with E-state index in [1.165, 1.54) is 0 Å². The lowest BCUT2D eigenvalue weighted by Crippen LogP contribution is -2.08. The lowest BCUT2D eigenvalue weighted by Gasteiger charge is -2.04. The van der Waals surface area contributed by atoms with Crippen LogP contribution in [0.3, 0.4) is 0 Å². The molecule has 0 bridgehead atoms. The highest BCUT2D eigenvalue weighted by Gasteiger charge is 2.24. The molecule has 26 heavy (non-hydrogen) atoms. The third kappa shape index (κ3) is 3.75. The molecule has 1 aromatic carbocycles. The van der Waals surface area contributed by atoms with E-state index in [9.17, 15) is 14.9 Å². The Labute approximate surface area is 153 Å². The Morgan fingerprint density at radius 1 is 1.19 bits per heavy atom. The molecule has 5 heteroatoms. The number of nitrogens with one attached hydrogen (secondary N) is 1. The molecule has 0 saturated carbocycles. The highest BCUT2D eigenvalue weighted by atomic mass is 16.5. The summed E-state index contributed by atoms with van der Waals surface area (Å²) in [7, 11) is 0. The van der Waals surface area contributed by atoms with Crippen molar-refractivity contribution in [3.05, 3.63) is 63.0 Å². The zero-order valence-electron chi connectivity index (χ0n) is 15.7. The van der Waals surface area contributed by atoms with Crippen LogP contribution in [0.2, 0.25) is 0 Å². The van der Waals surface area contributed by atoms with Gasteiger partial charge in [0, 0.05) is 5.69 Å². The minimum absolute atomic E-state index is 0.00742. The molecule has 1 N–H and O–H groups in total. The summed E-state index contributed by atoms with van der Waals surface area (Å²) in [5, 5.41) is 9.46. The van der Waals surface area contributed by atoms with E-state index in [0.29, 0.717) is 16.8 Å². The molecule has 0 unspecified atom stereocenters. The van der Waals surface area contributed by atoms with Crippen LogP contribution in [0.25, 0.3) is 6.08 Å². The first-order chi connectivity index (χ1) is 12.3. The molecule has 0 aliphatic rings. The SMILES string of the molecule is CCOC(=O)c1c(C)[nH]c(C(=O)/C(C#N)=C/c2ccc(C)c(C)c2)c1C. The molecule has 134 valence electrons. The first-order valence-corrected chi connectivity index (χ1v) is 8.40. The summed E-state index contributed by atoms with van der Waals surface area (Å²) < 4.78 is 5.04. The average molecular weight is 350 g/mol. The number of carbonyl (C=O) groups excluding carboxylic acids is 2. The molecule has 0 amide bonds. The van der Waals surface area contributed by atoms with E-state index >= 15 is 0 Å². The zero-order chi connectivity index (χ0) is 19.4. The highest BCUT2D eigenvalue weighted by molar-refractivity contribution is 6.15. The summed E-state index contributed by atoms with van der Waals surface area (Å²) in [4.78, 5) is 27.8. The number of ether oxygens (including phenoxy) is 1. The first kappa shape index (κ1) is 19.2. The number of aryl methyl sites for hydroxylation is 3. The lowest BCUT2D eigenvalue weighted by atomic mass is 10.0. The van der Waals surface area contributed by atoms with E-state index in [4.69, 9.17) is 4.74 Å². The second-order valence-electron chi connectivity index (χ2n) is 6.19. The second-order valence-corrected chi connectivity index (χ2v) is 6.19. The average Bonchev–Trinajstić information content (AvgIpc) is 2.90. The summed E-state index contributed by atoms with van der Waals surface area (Å²) in [5.74, 6) is -0.920. The topological polar surface area (TPSA) is 83.0 Å². The van der Waals surface area contributed by atoms with Gasteiger partial charge in [-0.1, -0.05) is 18.2 Å². The monoisotopic (exact) mass is 350 g/mol. The Morgan fingerprint density at radius 3 is 2.46 bits per heavy atom. The van der Waals surface area contributed by atoms with Crippen LogP contribution >= 0.6 is 0 Å². The number of Topliss-reactive ketones (excluding diaryl/α,β-unsaturated/α-hetero) is 1. The van der Waals surface area contributed by atoms with Crippen LogP contribution < -0.4 is 0 Å². The maximum absolute atomic E-state index is 12.8. The van der Waals surface area contributed by atoms with Gasteiger partial charge in [-0.15, -0.1) is 0 Å². The highest BCUT2D eigenvalue weighted by Crippen LogP contribution is 2.22. The lowest BCUT2D eigenvalue weighted by molar-refractivity contribution is 0.0525. The molecular weight excluding hydrogens is 328 g/mol. The molecule has 2 aromatic rings. The van der Waals surface area contributed by atoms with Crippen LogP contribution in [0.5, 0.6) is 0 Å². The summed E-state index contributed by atoms with van der Waals surface area (Å²) in [6.45, 7) is 9.33. The van der Waals surface area contributed by atoms with E-state index in [0.717, 1.165) is 16.7 Å². The van der Waals surface area contributed by atoms with Gasteiger partial charge < -0.3 is 9.72 Å². The van der Waals surface area contributed by atoms with Gasteiger partial charge in [0.25, 0.3) is 0 Å². The molecule has 0 spiro atoms. The number of H-pyrrole nitrogens is 1. The van der Waals surface area contributed by atoms with Crippen molar-refractivity contribution >= 4 is 17.8 Å². The Morgan fingerprint density at radius 2 is 1.88 bits per heavy atom. The van der Waals surface area contributed by atoms with Crippen LogP contribution in [0.1, 0.15) is 55.7 Å². The van der Waals surface area contributed by atoms with Crippen LogP contribution in [0, 0.1) is 39.0 Å². The summed E-state index contributed by atoms with van der Waals surface area (Å²) >= 11 is 0. The Hall–Kier alpha value is -3.13. The van der Waals surface area contributed by atoms with Crippen molar-refractivity contribution in [1.82, 2.24) is 4.98 Å². The quantitative estimate of drug-likeness (QED) is 0.379. The van der Waals surface area contributed by atoms with E-state index < -0.39 is 11.8 Å². The fourth-order valence-electron chi connectivity index (χ4n) is 2.79. The summed E-state index contributed by atoms with van der Waals surface area (Å²) in [6.07, 6.45) is 1.56. The zero-order valence-corrected chi connectivity index (χ0v) is 15.7. The number of nitrogens with zero attached hydrogens (tertiary/aromatic N) is 1. The van der Waals surface area contributed by atoms with Gasteiger partial charge in [-0.05, 0) is 62.9 Å². The molecule has 2 rings (SSSR count). The van der Waals surface area contributed by atoms with Gasteiger partial charge in [0.05, 0.1) is 17.9 Å². The standard InChI is InChI=1S/C21H22N2O3/c1-6-26-21(25)18-14(4)19(23-15(18)5)20(24)17(11-22)10-16-8-7-12(2)13(3)9-16/h7-10,23H,6H2,1-5H3/b17-10+. The third-order valence-corrected chi connectivity index (χ3v) is 4.35. The number of aromatic nitrogens is 1. The molecule has 5 nitrogen and oxygen atoms in total. The summed E-state index contributed by atoms with van der Waals surface area (Å²) in [5.41, 5.74) is 4.64. The number of esters is 1. The van der Waals surface area contributed by atoms with Gasteiger partial charge in [-0.3, -0.25) is 4.79 Å². The van der Waals surface area contributed by atoms with Crippen molar-refractivity contribution < 1.29 is 14.3 Å². The first-order valence-electron chi connectivity index (χ1n) is 8.40. The molecule has 0 aliphatic carbocycles. The molecule has 0 saturated heterocycles. The molecular formula is C21H22N2O3. The third-order valence-electron chi connectivity index (χ3n) is 4.35. The fourth-order valence-corrected chi connectivity index (χ4v) is 2.79. The van der Waals surface area contributed by atoms with E-state index in [-0.39, 0.29) is 17.9 Å². The number of benzene rings is 1. The molecule has 0 aliphatic heterocycles. The van der Waals surface area contributed by atoms with E-state index in [2.05, 4.69) is 4.98 Å². The molecule has 0 atom stereocenters.